The van der Waals surface area contributed by atoms with Gasteiger partial charge >= 0.3 is 0 Å². The van der Waals surface area contributed by atoms with Gasteiger partial charge < -0.3 is 5.11 Å². The molecule has 1 aromatic heterocycles. The molecule has 1 aliphatic carbocycles. The van der Waals surface area contributed by atoms with Gasteiger partial charge in [-0.05, 0) is 24.5 Å². The quantitative estimate of drug-likeness (QED) is 0.918. The van der Waals surface area contributed by atoms with Crippen LogP contribution in [0.5, 0.6) is 0 Å². The topological polar surface area (TPSA) is 33.1 Å². The van der Waals surface area contributed by atoms with Gasteiger partial charge in [-0.25, -0.2) is 4.39 Å². The van der Waals surface area contributed by atoms with Crippen LogP contribution in [0.2, 0.25) is 0 Å². The molecule has 21 heavy (non-hydrogen) atoms. The van der Waals surface area contributed by atoms with Gasteiger partial charge in [0.05, 0.1) is 12.3 Å². The summed E-state index contributed by atoms with van der Waals surface area (Å²) in [6, 6.07) is 11.5. The number of hydrogen-bond donors (Lipinski definition) is 1. The highest BCUT2D eigenvalue weighted by atomic mass is 19.1. The van der Waals surface area contributed by atoms with Crippen molar-refractivity contribution in [3.63, 3.8) is 0 Å². The van der Waals surface area contributed by atoms with Crippen LogP contribution in [0.25, 0.3) is 0 Å². The normalized spacial score (nSPS) is 19.1. The highest BCUT2D eigenvalue weighted by Gasteiger charge is 2.41. The molecule has 1 heterocycles. The first-order valence-electron chi connectivity index (χ1n) is 7.56. The fourth-order valence-electron chi connectivity index (χ4n) is 3.57. The van der Waals surface area contributed by atoms with Crippen LogP contribution in [0.4, 0.5) is 4.39 Å². The minimum Gasteiger partial charge on any atom is -0.387 e. The Morgan fingerprint density at radius 3 is 2.43 bits per heavy atom. The molecule has 1 aliphatic rings. The summed E-state index contributed by atoms with van der Waals surface area (Å²) in [4.78, 5) is 3.89. The van der Waals surface area contributed by atoms with Crippen molar-refractivity contribution >= 4 is 0 Å². The van der Waals surface area contributed by atoms with Crippen LogP contribution in [-0.4, -0.2) is 10.1 Å². The second-order valence-corrected chi connectivity index (χ2v) is 5.92. The first-order chi connectivity index (χ1) is 10.2. The lowest BCUT2D eigenvalue weighted by molar-refractivity contribution is 0.0523. The van der Waals surface area contributed by atoms with E-state index in [0.717, 1.165) is 31.2 Å². The molecule has 0 bridgehead atoms. The van der Waals surface area contributed by atoms with Gasteiger partial charge in [-0.2, -0.15) is 0 Å². The van der Waals surface area contributed by atoms with Crippen molar-refractivity contribution in [3.05, 3.63) is 65.7 Å². The fraction of sp³-hybridized carbons (Fsp3) is 0.389. The van der Waals surface area contributed by atoms with Crippen molar-refractivity contribution in [2.45, 2.75) is 43.6 Å². The molecule has 1 saturated carbocycles. The van der Waals surface area contributed by atoms with E-state index < -0.39 is 11.9 Å². The van der Waals surface area contributed by atoms with E-state index in [0.29, 0.717) is 5.56 Å². The molecule has 1 N–H and O–H groups in total. The van der Waals surface area contributed by atoms with E-state index in [2.05, 4.69) is 17.1 Å². The smallest absolute Gasteiger partial charge is 0.141 e. The SMILES string of the molecule is OC(c1cncc(F)c1)C1(c2ccccc2)CCCCC1. The van der Waals surface area contributed by atoms with E-state index >= 15 is 0 Å². The second kappa shape index (κ2) is 5.94. The zero-order valence-electron chi connectivity index (χ0n) is 12.0. The zero-order chi connectivity index (χ0) is 14.7. The van der Waals surface area contributed by atoms with Crippen molar-refractivity contribution in [2.24, 2.45) is 0 Å². The summed E-state index contributed by atoms with van der Waals surface area (Å²) in [5.74, 6) is -0.398. The minimum absolute atomic E-state index is 0.324. The number of hydrogen-bond acceptors (Lipinski definition) is 2. The van der Waals surface area contributed by atoms with Gasteiger partial charge in [-0.3, -0.25) is 4.98 Å². The van der Waals surface area contributed by atoms with Crippen molar-refractivity contribution < 1.29 is 9.50 Å². The number of aliphatic hydroxyl groups is 1. The molecule has 0 radical (unpaired) electrons. The predicted octanol–water partition coefficient (Wildman–Crippen LogP) is 4.16. The number of nitrogens with zero attached hydrogens (tertiary/aromatic N) is 1. The van der Waals surface area contributed by atoms with Crippen molar-refractivity contribution in [2.75, 3.05) is 0 Å². The lowest BCUT2D eigenvalue weighted by Gasteiger charge is -2.42. The summed E-state index contributed by atoms with van der Waals surface area (Å²) in [7, 11) is 0. The molecule has 1 unspecified atom stereocenters. The van der Waals surface area contributed by atoms with Crippen molar-refractivity contribution in [1.82, 2.24) is 4.98 Å². The highest BCUT2D eigenvalue weighted by molar-refractivity contribution is 5.32. The molecule has 2 aromatic rings. The largest absolute Gasteiger partial charge is 0.387 e. The van der Waals surface area contributed by atoms with Gasteiger partial charge in [0.1, 0.15) is 5.82 Å². The highest BCUT2D eigenvalue weighted by Crippen LogP contribution is 2.48. The summed E-state index contributed by atoms with van der Waals surface area (Å²) in [6.07, 6.45) is 7.26. The Morgan fingerprint density at radius 2 is 1.76 bits per heavy atom. The van der Waals surface area contributed by atoms with Crippen LogP contribution in [0, 0.1) is 5.82 Å². The number of aromatic nitrogens is 1. The third-order valence-corrected chi connectivity index (χ3v) is 4.66. The van der Waals surface area contributed by atoms with Crippen LogP contribution in [0.1, 0.15) is 49.3 Å². The van der Waals surface area contributed by atoms with Gasteiger partial charge in [-0.15, -0.1) is 0 Å². The Bertz CT molecular complexity index is 593. The lowest BCUT2D eigenvalue weighted by Crippen LogP contribution is -2.36. The number of benzene rings is 1. The molecule has 2 nitrogen and oxygen atoms in total. The Kier molecular flexibility index (Phi) is 4.02. The number of aliphatic hydroxyl groups excluding tert-OH is 1. The molecule has 3 rings (SSSR count). The molecular weight excluding hydrogens is 265 g/mol. The van der Waals surface area contributed by atoms with Crippen LogP contribution in [0.3, 0.4) is 0 Å². The Balaban J connectivity index is 2.03. The van der Waals surface area contributed by atoms with Crippen LogP contribution in [0.15, 0.2) is 48.8 Å². The van der Waals surface area contributed by atoms with Gasteiger partial charge in [0.2, 0.25) is 0 Å². The van der Waals surface area contributed by atoms with Crippen molar-refractivity contribution in [3.8, 4) is 0 Å². The summed E-state index contributed by atoms with van der Waals surface area (Å²) >= 11 is 0. The molecule has 1 fully saturated rings. The van der Waals surface area contributed by atoms with E-state index in [1.165, 1.54) is 18.7 Å². The van der Waals surface area contributed by atoms with E-state index in [1.807, 2.05) is 18.2 Å². The van der Waals surface area contributed by atoms with E-state index in [4.69, 9.17) is 0 Å². The Labute approximate surface area is 124 Å². The summed E-state index contributed by atoms with van der Waals surface area (Å²) in [6.45, 7) is 0. The van der Waals surface area contributed by atoms with Crippen LogP contribution >= 0.6 is 0 Å². The first kappa shape index (κ1) is 14.2. The second-order valence-electron chi connectivity index (χ2n) is 5.92. The van der Waals surface area contributed by atoms with Crippen LogP contribution < -0.4 is 0 Å². The standard InChI is InChI=1S/C18H20FNO/c19-16-11-14(12-20-13-16)17(21)18(9-5-2-6-10-18)15-7-3-1-4-8-15/h1,3-4,7-8,11-13,17,21H,2,5-6,9-10H2. The Hall–Kier alpha value is -1.74. The van der Waals surface area contributed by atoms with E-state index in [-0.39, 0.29) is 5.41 Å². The lowest BCUT2D eigenvalue weighted by atomic mass is 9.64. The monoisotopic (exact) mass is 285 g/mol. The summed E-state index contributed by atoms with van der Waals surface area (Å²) in [5.41, 5.74) is 1.39. The van der Waals surface area contributed by atoms with Gasteiger partial charge in [0.15, 0.2) is 0 Å². The maximum Gasteiger partial charge on any atom is 0.141 e. The fourth-order valence-corrected chi connectivity index (χ4v) is 3.57. The third kappa shape index (κ3) is 2.70. The van der Waals surface area contributed by atoms with Crippen molar-refractivity contribution in [1.29, 1.82) is 0 Å². The average Bonchev–Trinajstić information content (AvgIpc) is 2.55. The van der Waals surface area contributed by atoms with E-state index in [9.17, 15) is 9.50 Å². The molecule has 0 saturated heterocycles. The average molecular weight is 285 g/mol. The summed E-state index contributed by atoms with van der Waals surface area (Å²) in [5, 5.41) is 11.0. The Morgan fingerprint density at radius 1 is 1.05 bits per heavy atom. The van der Waals surface area contributed by atoms with Gasteiger partial charge in [0.25, 0.3) is 0 Å². The molecule has 0 amide bonds. The minimum atomic E-state index is -0.719. The maximum atomic E-state index is 13.4. The predicted molar refractivity (Wildman–Crippen MR) is 80.4 cm³/mol. The molecule has 0 spiro atoms. The molecule has 110 valence electrons. The molecule has 0 aliphatic heterocycles. The number of halogens is 1. The number of rotatable bonds is 3. The van der Waals surface area contributed by atoms with Gasteiger partial charge in [0, 0.05) is 17.2 Å². The van der Waals surface area contributed by atoms with Crippen LogP contribution in [-0.2, 0) is 5.41 Å². The van der Waals surface area contributed by atoms with E-state index in [1.54, 1.807) is 6.20 Å². The molecule has 1 aromatic carbocycles. The number of pyridine rings is 1. The van der Waals surface area contributed by atoms with Gasteiger partial charge in [-0.1, -0.05) is 49.6 Å². The zero-order valence-corrected chi connectivity index (χ0v) is 12.0. The first-order valence-corrected chi connectivity index (χ1v) is 7.56. The third-order valence-electron chi connectivity index (χ3n) is 4.66. The summed E-state index contributed by atoms with van der Waals surface area (Å²) < 4.78 is 13.4. The molecular formula is C18H20FNO. The molecule has 1 atom stereocenters. The maximum absolute atomic E-state index is 13.4. The molecule has 3 heteroatoms.